The molecule has 0 aromatic heterocycles. The van der Waals surface area contributed by atoms with E-state index in [0.29, 0.717) is 0 Å². The molecule has 1 radical (unpaired) electrons. The van der Waals surface area contributed by atoms with E-state index in [1.165, 1.54) is 5.92 Å². The predicted octanol–water partition coefficient (Wildman–Crippen LogP) is 0.324. The van der Waals surface area contributed by atoms with Crippen LogP contribution in [0.3, 0.4) is 0 Å². The van der Waals surface area contributed by atoms with E-state index in [1.54, 1.807) is 0 Å². The van der Waals surface area contributed by atoms with Gasteiger partial charge in [0.1, 0.15) is 0 Å². The molecule has 0 aliphatic carbocycles. The molecule has 0 aromatic rings. The van der Waals surface area contributed by atoms with E-state index in [1.807, 2.05) is 0 Å². The van der Waals surface area contributed by atoms with Gasteiger partial charge in [0, 0.05) is 0 Å². The number of hydrogen-bond donors (Lipinski definition) is 0. The second kappa shape index (κ2) is 10.1. The molecule has 0 atom stereocenters. The monoisotopic (exact) mass is 105 g/mol. The second-order valence-electron chi connectivity index (χ2n) is 1.50. The molecule has 0 bridgehead atoms. The van der Waals surface area contributed by atoms with Crippen LogP contribution in [0.4, 0.5) is 0 Å². The van der Waals surface area contributed by atoms with E-state index < -0.39 is 0 Å². The van der Waals surface area contributed by atoms with Crippen molar-refractivity contribution in [1.29, 1.82) is 0 Å². The Labute approximate surface area is 84.7 Å². The zero-order chi connectivity index (χ0) is 3.58. The van der Waals surface area contributed by atoms with Crippen molar-refractivity contribution >= 4 is 59.1 Å². The average Bonchev–Trinajstić information content (AvgIpc) is 0.811. The average molecular weight is 105 g/mol. The third-order valence-electron chi connectivity index (χ3n) is 0. The molecule has 0 saturated carbocycles. The summed E-state index contributed by atoms with van der Waals surface area (Å²) in [6.45, 7) is 6.25. The summed E-state index contributed by atoms with van der Waals surface area (Å²) in [5.74, 6) is 1.42. The fourth-order valence-electron chi connectivity index (χ4n) is 0. The molecule has 0 amide bonds. The van der Waals surface area contributed by atoms with E-state index >= 15 is 0 Å². The fraction of sp³-hybridized carbons (Fsp3) is 0.750. The first-order valence-electron chi connectivity index (χ1n) is 1.50. The molecule has 6 heavy (non-hydrogen) atoms. The Morgan fingerprint density at radius 3 is 0.833 bits per heavy atom. The molecule has 0 spiro atoms. The number of hydrogen-bond acceptors (Lipinski definition) is 0. The van der Waals surface area contributed by atoms with E-state index in [9.17, 15) is 0 Å². The summed E-state index contributed by atoms with van der Waals surface area (Å²) in [4.78, 5) is 0. The molecular formula is C4H11Na2. The Bertz CT molecular complexity index is 10.3. The van der Waals surface area contributed by atoms with Crippen molar-refractivity contribution in [3.05, 3.63) is 5.92 Å². The molecule has 0 saturated heterocycles. The van der Waals surface area contributed by atoms with Gasteiger partial charge in [-0.05, 0) is 5.92 Å². The summed E-state index contributed by atoms with van der Waals surface area (Å²) < 4.78 is 0. The van der Waals surface area contributed by atoms with Crippen molar-refractivity contribution in [1.82, 2.24) is 0 Å². The Morgan fingerprint density at radius 2 is 0.833 bits per heavy atom. The van der Waals surface area contributed by atoms with Gasteiger partial charge in [0.2, 0.25) is 0 Å². The van der Waals surface area contributed by atoms with Crippen molar-refractivity contribution in [2.24, 2.45) is 0 Å². The van der Waals surface area contributed by atoms with Crippen LogP contribution in [-0.2, 0) is 0 Å². The third kappa shape index (κ3) is 37.5. The minimum atomic E-state index is 0. The molecule has 29 valence electrons. The summed E-state index contributed by atoms with van der Waals surface area (Å²) in [6.07, 6.45) is 0. The van der Waals surface area contributed by atoms with Crippen LogP contribution in [0, 0.1) is 5.92 Å². The minimum absolute atomic E-state index is 0. The van der Waals surface area contributed by atoms with Gasteiger partial charge in [-0.2, -0.15) is 0 Å². The normalized spacial score (nSPS) is 6.00. The van der Waals surface area contributed by atoms with Crippen LogP contribution in [0.25, 0.3) is 0 Å². The topological polar surface area (TPSA) is 0 Å². The summed E-state index contributed by atoms with van der Waals surface area (Å²) in [6, 6.07) is 0. The van der Waals surface area contributed by atoms with Gasteiger partial charge in [-0.1, -0.05) is 20.8 Å². The van der Waals surface area contributed by atoms with Crippen LogP contribution >= 0.6 is 0 Å². The van der Waals surface area contributed by atoms with Crippen molar-refractivity contribution in [3.63, 3.8) is 0 Å². The Morgan fingerprint density at radius 1 is 0.833 bits per heavy atom. The maximum atomic E-state index is 2.08. The maximum absolute atomic E-state index is 2.08. The first-order chi connectivity index (χ1) is 1.73. The first-order valence-corrected chi connectivity index (χ1v) is 1.50. The van der Waals surface area contributed by atoms with Gasteiger partial charge in [-0.3, -0.25) is 0 Å². The van der Waals surface area contributed by atoms with E-state index in [-0.39, 0.29) is 59.1 Å². The van der Waals surface area contributed by atoms with Gasteiger partial charge in [-0.15, -0.1) is 0 Å². The third-order valence-corrected chi connectivity index (χ3v) is 0. The Hall–Kier alpha value is 2.00. The molecule has 0 aromatic carbocycles. The van der Waals surface area contributed by atoms with E-state index in [4.69, 9.17) is 0 Å². The van der Waals surface area contributed by atoms with Crippen molar-refractivity contribution in [2.45, 2.75) is 20.8 Å². The molecule has 0 unspecified atom stereocenters. The quantitative estimate of drug-likeness (QED) is 0.389. The van der Waals surface area contributed by atoms with Crippen LogP contribution in [0.5, 0.6) is 0 Å². The SMILES string of the molecule is C[C](C)C.[NaH].[NaH]. The molecule has 0 heterocycles. The van der Waals surface area contributed by atoms with E-state index in [0.717, 1.165) is 0 Å². The van der Waals surface area contributed by atoms with Crippen molar-refractivity contribution < 1.29 is 0 Å². The van der Waals surface area contributed by atoms with Crippen molar-refractivity contribution in [3.8, 4) is 0 Å². The molecule has 0 aliphatic heterocycles. The standard InChI is InChI=1S/C4H9.2Na.2H/c1-4(2)3;;;;/h1-3H3;;;;. The fourth-order valence-corrected chi connectivity index (χ4v) is 0. The van der Waals surface area contributed by atoms with Gasteiger partial charge in [0.15, 0.2) is 0 Å². The van der Waals surface area contributed by atoms with Gasteiger partial charge < -0.3 is 0 Å². The summed E-state index contributed by atoms with van der Waals surface area (Å²) in [7, 11) is 0. The van der Waals surface area contributed by atoms with Crippen LogP contribution in [0.1, 0.15) is 20.8 Å². The first kappa shape index (κ1) is 15.7. The van der Waals surface area contributed by atoms with Crippen molar-refractivity contribution in [2.75, 3.05) is 0 Å². The molecule has 0 rings (SSSR count). The van der Waals surface area contributed by atoms with Gasteiger partial charge in [0.05, 0.1) is 0 Å². The summed E-state index contributed by atoms with van der Waals surface area (Å²) in [5, 5.41) is 0. The summed E-state index contributed by atoms with van der Waals surface area (Å²) >= 11 is 0. The van der Waals surface area contributed by atoms with Gasteiger partial charge >= 0.3 is 59.1 Å². The Kier molecular flexibility index (Phi) is 26.3. The second-order valence-corrected chi connectivity index (χ2v) is 1.50. The zero-order valence-electron chi connectivity index (χ0n) is 3.50. The molecule has 0 nitrogen and oxygen atoms in total. The van der Waals surface area contributed by atoms with Gasteiger partial charge in [0.25, 0.3) is 0 Å². The van der Waals surface area contributed by atoms with Crippen LogP contribution in [-0.4, -0.2) is 59.1 Å². The predicted molar refractivity (Wildman–Crippen MR) is 34.6 cm³/mol. The number of rotatable bonds is 0. The molecule has 0 aliphatic rings. The van der Waals surface area contributed by atoms with Gasteiger partial charge in [-0.25, -0.2) is 0 Å². The van der Waals surface area contributed by atoms with Crippen LogP contribution in [0.2, 0.25) is 0 Å². The van der Waals surface area contributed by atoms with E-state index in [2.05, 4.69) is 20.8 Å². The van der Waals surface area contributed by atoms with Crippen LogP contribution in [0.15, 0.2) is 0 Å². The zero-order valence-corrected chi connectivity index (χ0v) is 3.50. The molecular weight excluding hydrogens is 94.0 g/mol. The molecule has 0 N–H and O–H groups in total. The summed E-state index contributed by atoms with van der Waals surface area (Å²) in [5.41, 5.74) is 0. The molecule has 0 fully saturated rings. The Balaban J connectivity index is -0.0000000450. The molecule has 2 heteroatoms. The van der Waals surface area contributed by atoms with Crippen LogP contribution < -0.4 is 0 Å².